The third kappa shape index (κ3) is 8.91. The second kappa shape index (κ2) is 12.9. The molecule has 3 N–H and O–H groups in total. The molecule has 0 saturated heterocycles. The van der Waals surface area contributed by atoms with Gasteiger partial charge in [0.25, 0.3) is 0 Å². The average Bonchev–Trinajstić information content (AvgIpc) is 2.80. The number of para-hydroxylation sites is 1. The van der Waals surface area contributed by atoms with Gasteiger partial charge in [-0.25, -0.2) is 4.79 Å². The van der Waals surface area contributed by atoms with E-state index in [2.05, 4.69) is 0 Å². The van der Waals surface area contributed by atoms with Crippen molar-refractivity contribution in [3.63, 3.8) is 0 Å². The number of carbonyl (C=O) groups excluding carboxylic acids is 3. The Morgan fingerprint density at radius 3 is 1.95 bits per heavy atom. The summed E-state index contributed by atoms with van der Waals surface area (Å²) in [6, 6.07) is 12.6. The van der Waals surface area contributed by atoms with Gasteiger partial charge in [-0.1, -0.05) is 52.0 Å². The van der Waals surface area contributed by atoms with Crippen LogP contribution in [-0.4, -0.2) is 40.8 Å². The molecule has 0 bridgehead atoms. The molecule has 37 heavy (non-hydrogen) atoms. The maximum atomic E-state index is 12.2. The number of rotatable bonds is 11. The standard InChI is InChI=1S/C27H33NO9/c1-16(2)23(29)36-21-12-11-19(13-22(21)37-24(30)17(3)4)15-27(28,25(31)32)14-18(5)34-26(33)35-20-9-7-6-8-10-20/h6-13,16-18H,14-15,28H2,1-5H3,(H,31,32)/t18-,27?/m0/s1. The number of benzene rings is 2. The van der Waals surface area contributed by atoms with E-state index in [4.69, 9.17) is 24.7 Å². The fraction of sp³-hybridized carbons (Fsp3) is 0.407. The topological polar surface area (TPSA) is 151 Å². The fourth-order valence-corrected chi connectivity index (χ4v) is 3.21. The highest BCUT2D eigenvalue weighted by Crippen LogP contribution is 2.32. The molecule has 0 aliphatic heterocycles. The van der Waals surface area contributed by atoms with Crippen molar-refractivity contribution in [3.05, 3.63) is 54.1 Å². The number of aliphatic carboxylic acids is 1. The fourth-order valence-electron chi connectivity index (χ4n) is 3.21. The number of ether oxygens (including phenoxy) is 4. The van der Waals surface area contributed by atoms with Gasteiger partial charge in [-0.15, -0.1) is 0 Å². The maximum absolute atomic E-state index is 12.2. The molecule has 0 heterocycles. The smallest absolute Gasteiger partial charge is 0.480 e. The summed E-state index contributed by atoms with van der Waals surface area (Å²) in [7, 11) is 0. The lowest BCUT2D eigenvalue weighted by Crippen LogP contribution is -2.52. The number of carboxylic acids is 1. The minimum atomic E-state index is -1.85. The Balaban J connectivity index is 2.21. The van der Waals surface area contributed by atoms with Crippen LogP contribution in [0.4, 0.5) is 4.79 Å². The minimum Gasteiger partial charge on any atom is -0.480 e. The highest BCUT2D eigenvalue weighted by Gasteiger charge is 2.37. The first-order valence-corrected chi connectivity index (χ1v) is 11.8. The predicted octanol–water partition coefficient (Wildman–Crippen LogP) is 4.13. The Morgan fingerprint density at radius 2 is 1.41 bits per heavy atom. The lowest BCUT2D eigenvalue weighted by atomic mass is 9.86. The van der Waals surface area contributed by atoms with Gasteiger partial charge in [0.2, 0.25) is 0 Å². The van der Waals surface area contributed by atoms with Crippen LogP contribution in [0, 0.1) is 11.8 Å². The molecule has 0 aliphatic rings. The van der Waals surface area contributed by atoms with Gasteiger partial charge in [0.05, 0.1) is 11.8 Å². The van der Waals surface area contributed by atoms with Crippen LogP contribution in [0.5, 0.6) is 17.2 Å². The zero-order valence-corrected chi connectivity index (χ0v) is 21.6. The Hall–Kier alpha value is -3.92. The van der Waals surface area contributed by atoms with Crippen molar-refractivity contribution < 1.29 is 43.2 Å². The molecular weight excluding hydrogens is 482 g/mol. The summed E-state index contributed by atoms with van der Waals surface area (Å²) in [6.45, 7) is 8.11. The first-order chi connectivity index (χ1) is 17.3. The molecule has 2 aromatic carbocycles. The second-order valence-corrected chi connectivity index (χ2v) is 9.37. The van der Waals surface area contributed by atoms with Crippen molar-refractivity contribution in [3.8, 4) is 17.2 Å². The monoisotopic (exact) mass is 515 g/mol. The van der Waals surface area contributed by atoms with Crippen LogP contribution in [-0.2, 0) is 25.5 Å². The number of carboxylic acid groups (broad SMARTS) is 1. The average molecular weight is 516 g/mol. The van der Waals surface area contributed by atoms with E-state index in [1.807, 2.05) is 0 Å². The van der Waals surface area contributed by atoms with Gasteiger partial charge in [0.15, 0.2) is 11.5 Å². The second-order valence-electron chi connectivity index (χ2n) is 9.37. The number of hydrogen-bond donors (Lipinski definition) is 2. The highest BCUT2D eigenvalue weighted by atomic mass is 16.7. The lowest BCUT2D eigenvalue weighted by Gasteiger charge is -2.28. The van der Waals surface area contributed by atoms with Crippen LogP contribution < -0.4 is 19.9 Å². The first kappa shape index (κ1) is 29.3. The molecule has 0 aromatic heterocycles. The van der Waals surface area contributed by atoms with Gasteiger partial charge >= 0.3 is 24.1 Å². The van der Waals surface area contributed by atoms with Crippen LogP contribution >= 0.6 is 0 Å². The minimum absolute atomic E-state index is 0.0229. The summed E-state index contributed by atoms with van der Waals surface area (Å²) in [4.78, 5) is 48.5. The maximum Gasteiger partial charge on any atom is 0.514 e. The van der Waals surface area contributed by atoms with Crippen molar-refractivity contribution in [2.45, 2.75) is 59.1 Å². The molecule has 10 heteroatoms. The van der Waals surface area contributed by atoms with E-state index in [0.717, 1.165) is 0 Å². The van der Waals surface area contributed by atoms with Gasteiger partial charge in [-0.05, 0) is 36.8 Å². The first-order valence-electron chi connectivity index (χ1n) is 11.8. The van der Waals surface area contributed by atoms with E-state index in [9.17, 15) is 24.3 Å². The molecule has 0 saturated carbocycles. The molecule has 1 unspecified atom stereocenters. The van der Waals surface area contributed by atoms with Crippen molar-refractivity contribution in [1.82, 2.24) is 0 Å². The molecule has 10 nitrogen and oxygen atoms in total. The predicted molar refractivity (Wildman–Crippen MR) is 133 cm³/mol. The zero-order chi connectivity index (χ0) is 27.8. The van der Waals surface area contributed by atoms with Crippen LogP contribution in [0.15, 0.2) is 48.5 Å². The van der Waals surface area contributed by atoms with E-state index < -0.39 is 47.5 Å². The summed E-state index contributed by atoms with van der Waals surface area (Å²) in [5.74, 6) is -3.03. The van der Waals surface area contributed by atoms with E-state index in [-0.39, 0.29) is 30.1 Å². The Morgan fingerprint density at radius 1 is 0.838 bits per heavy atom. The molecule has 0 radical (unpaired) electrons. The summed E-state index contributed by atoms with van der Waals surface area (Å²) >= 11 is 0. The molecular formula is C27H33NO9. The lowest BCUT2D eigenvalue weighted by molar-refractivity contribution is -0.144. The third-order valence-electron chi connectivity index (χ3n) is 5.21. The van der Waals surface area contributed by atoms with Crippen LogP contribution in [0.3, 0.4) is 0 Å². The van der Waals surface area contributed by atoms with E-state index in [0.29, 0.717) is 5.56 Å². The zero-order valence-electron chi connectivity index (χ0n) is 21.6. The number of esters is 2. The third-order valence-corrected chi connectivity index (χ3v) is 5.21. The molecule has 2 rings (SSSR count). The van der Waals surface area contributed by atoms with Crippen molar-refractivity contribution in [2.24, 2.45) is 17.6 Å². The molecule has 0 fully saturated rings. The van der Waals surface area contributed by atoms with Gasteiger partial charge in [0, 0.05) is 12.8 Å². The molecule has 0 aliphatic carbocycles. The molecule has 200 valence electrons. The summed E-state index contributed by atoms with van der Waals surface area (Å²) in [5.41, 5.74) is 4.79. The van der Waals surface area contributed by atoms with Crippen molar-refractivity contribution in [2.75, 3.05) is 0 Å². The molecule has 0 amide bonds. The van der Waals surface area contributed by atoms with E-state index in [1.54, 1.807) is 58.0 Å². The van der Waals surface area contributed by atoms with E-state index >= 15 is 0 Å². The Kier molecular flexibility index (Phi) is 10.2. The summed E-state index contributed by atoms with van der Waals surface area (Å²) in [5, 5.41) is 9.88. The van der Waals surface area contributed by atoms with Crippen LogP contribution in [0.2, 0.25) is 0 Å². The number of nitrogens with two attached hydrogens (primary N) is 1. The Bertz CT molecular complexity index is 1110. The summed E-state index contributed by atoms with van der Waals surface area (Å²) < 4.78 is 21.0. The quantitative estimate of drug-likeness (QED) is 0.254. The normalized spacial score (nSPS) is 13.4. The molecule has 2 aromatic rings. The SMILES string of the molecule is CC(C)C(=O)Oc1ccc(CC(N)(C[C@H](C)OC(=O)Oc2ccccc2)C(=O)O)cc1OC(=O)C(C)C. The number of carbonyl (C=O) groups is 4. The van der Waals surface area contributed by atoms with Gasteiger partial charge in [-0.3, -0.25) is 14.4 Å². The summed E-state index contributed by atoms with van der Waals surface area (Å²) in [6.07, 6.45) is -2.33. The van der Waals surface area contributed by atoms with Gasteiger partial charge in [0.1, 0.15) is 17.4 Å². The van der Waals surface area contributed by atoms with Gasteiger partial charge < -0.3 is 29.8 Å². The largest absolute Gasteiger partial charge is 0.514 e. The van der Waals surface area contributed by atoms with Crippen molar-refractivity contribution >= 4 is 24.1 Å². The number of hydrogen-bond acceptors (Lipinski definition) is 9. The van der Waals surface area contributed by atoms with E-state index in [1.165, 1.54) is 25.1 Å². The molecule has 2 atom stereocenters. The van der Waals surface area contributed by atoms with Crippen molar-refractivity contribution in [1.29, 1.82) is 0 Å². The Labute approximate surface area is 215 Å². The van der Waals surface area contributed by atoms with Gasteiger partial charge in [-0.2, -0.15) is 0 Å². The highest BCUT2D eigenvalue weighted by molar-refractivity contribution is 5.80. The van der Waals surface area contributed by atoms with Crippen LogP contribution in [0.25, 0.3) is 0 Å². The van der Waals surface area contributed by atoms with Crippen LogP contribution in [0.1, 0.15) is 46.6 Å². The molecule has 0 spiro atoms.